The van der Waals surface area contributed by atoms with Crippen LogP contribution in [-0.4, -0.2) is 27.8 Å². The predicted molar refractivity (Wildman–Crippen MR) is 105 cm³/mol. The second-order valence-electron chi connectivity index (χ2n) is 5.94. The number of nitrogens with one attached hydrogen (secondary N) is 1. The van der Waals surface area contributed by atoms with E-state index in [0.717, 1.165) is 5.39 Å². The third-order valence-electron chi connectivity index (χ3n) is 3.84. The van der Waals surface area contributed by atoms with Crippen molar-refractivity contribution in [3.8, 4) is 11.3 Å². The van der Waals surface area contributed by atoms with Crippen LogP contribution in [0.1, 0.15) is 6.42 Å². The van der Waals surface area contributed by atoms with Crippen LogP contribution in [0.4, 0.5) is 11.6 Å². The summed E-state index contributed by atoms with van der Waals surface area (Å²) in [5, 5.41) is 3.93. The molecule has 1 heterocycles. The number of primary amides is 1. The molecule has 0 aliphatic carbocycles. The molecule has 0 unspecified atom stereocenters. The maximum atomic E-state index is 12.1. The summed E-state index contributed by atoms with van der Waals surface area (Å²) < 4.78 is 0. The third-order valence-corrected chi connectivity index (χ3v) is 4.07. The number of fused-ring (bicyclic) bond motifs is 1. The molecule has 0 radical (unpaired) electrons. The van der Waals surface area contributed by atoms with Gasteiger partial charge in [-0.15, -0.1) is 0 Å². The van der Waals surface area contributed by atoms with E-state index in [4.69, 9.17) is 28.8 Å². The first-order valence-corrected chi connectivity index (χ1v) is 8.39. The summed E-state index contributed by atoms with van der Waals surface area (Å²) in [6, 6.07) is 11.2. The summed E-state index contributed by atoms with van der Waals surface area (Å²) in [7, 11) is 0. The highest BCUT2D eigenvalue weighted by atomic mass is 35.5. The molecule has 0 saturated heterocycles. The van der Waals surface area contributed by atoms with Gasteiger partial charge in [0.05, 0.1) is 23.7 Å². The summed E-state index contributed by atoms with van der Waals surface area (Å²) >= 11 is 6.10. The maximum absolute atomic E-state index is 12.1. The summed E-state index contributed by atoms with van der Waals surface area (Å²) in [6.07, 6.45) is -0.239. The number of anilines is 2. The molecular weight excluding hydrogens is 368 g/mol. The molecular formula is C18H17ClN6O2. The lowest BCUT2D eigenvalue weighted by Gasteiger charge is -2.12. The van der Waals surface area contributed by atoms with Gasteiger partial charge in [0, 0.05) is 21.7 Å². The molecule has 8 nitrogen and oxygen atoms in total. The van der Waals surface area contributed by atoms with Gasteiger partial charge >= 0.3 is 0 Å². The Morgan fingerprint density at radius 2 is 1.93 bits per heavy atom. The minimum Gasteiger partial charge on any atom is -0.370 e. The molecule has 7 N–H and O–H groups in total. The van der Waals surface area contributed by atoms with Crippen molar-refractivity contribution in [1.29, 1.82) is 0 Å². The molecule has 3 rings (SSSR count). The van der Waals surface area contributed by atoms with Gasteiger partial charge in [-0.25, -0.2) is 9.97 Å². The highest BCUT2D eigenvalue weighted by Gasteiger charge is 2.17. The Hall–Kier alpha value is -3.23. The Bertz CT molecular complexity index is 1040. The molecule has 0 aliphatic heterocycles. The van der Waals surface area contributed by atoms with Gasteiger partial charge in [0.1, 0.15) is 0 Å². The molecule has 1 atom stereocenters. The topological polar surface area (TPSA) is 150 Å². The number of benzene rings is 2. The van der Waals surface area contributed by atoms with Crippen molar-refractivity contribution in [2.75, 3.05) is 11.1 Å². The van der Waals surface area contributed by atoms with Crippen molar-refractivity contribution in [3.63, 3.8) is 0 Å². The molecule has 2 aromatic carbocycles. The van der Waals surface area contributed by atoms with Crippen molar-refractivity contribution in [1.82, 2.24) is 9.97 Å². The highest BCUT2D eigenvalue weighted by Crippen LogP contribution is 2.30. The number of nitrogen functional groups attached to an aromatic ring is 1. The van der Waals surface area contributed by atoms with E-state index >= 15 is 0 Å². The fourth-order valence-electron chi connectivity index (χ4n) is 2.63. The van der Waals surface area contributed by atoms with E-state index < -0.39 is 17.9 Å². The lowest BCUT2D eigenvalue weighted by molar-refractivity contribution is -0.123. The zero-order valence-corrected chi connectivity index (χ0v) is 14.9. The van der Waals surface area contributed by atoms with Crippen LogP contribution in [0.2, 0.25) is 5.02 Å². The van der Waals surface area contributed by atoms with E-state index in [1.807, 2.05) is 6.07 Å². The van der Waals surface area contributed by atoms with Crippen LogP contribution in [0.25, 0.3) is 22.2 Å². The first kappa shape index (κ1) is 18.6. The zero-order valence-electron chi connectivity index (χ0n) is 14.1. The molecule has 2 amide bonds. The fourth-order valence-corrected chi connectivity index (χ4v) is 2.80. The lowest BCUT2D eigenvalue weighted by atomic mass is 10.1. The molecule has 9 heteroatoms. The Balaban J connectivity index is 1.97. The van der Waals surface area contributed by atoms with E-state index in [0.29, 0.717) is 27.5 Å². The fraction of sp³-hybridized carbons (Fsp3) is 0.111. The number of carbonyl (C=O) groups excluding carboxylic acids is 2. The molecule has 27 heavy (non-hydrogen) atoms. The Morgan fingerprint density at radius 3 is 2.67 bits per heavy atom. The largest absolute Gasteiger partial charge is 0.370 e. The molecule has 0 saturated carbocycles. The van der Waals surface area contributed by atoms with Gasteiger partial charge in [-0.3, -0.25) is 9.59 Å². The molecule has 0 aliphatic rings. The number of aromatic nitrogens is 2. The monoisotopic (exact) mass is 384 g/mol. The molecule has 1 aromatic heterocycles. The molecule has 3 aromatic rings. The Morgan fingerprint density at radius 1 is 1.15 bits per heavy atom. The Kier molecular flexibility index (Phi) is 5.20. The zero-order chi connectivity index (χ0) is 19.6. The molecule has 138 valence electrons. The van der Waals surface area contributed by atoms with Gasteiger partial charge in [-0.05, 0) is 30.3 Å². The minimum atomic E-state index is -1.03. The minimum absolute atomic E-state index is 0.123. The highest BCUT2D eigenvalue weighted by molar-refractivity contribution is 6.31. The van der Waals surface area contributed by atoms with Crippen molar-refractivity contribution in [2.24, 2.45) is 11.5 Å². The number of nitrogens with zero attached hydrogens (tertiary/aromatic N) is 2. The van der Waals surface area contributed by atoms with Gasteiger partial charge in [-0.2, -0.15) is 0 Å². The standard InChI is InChI=1S/C18H17ClN6O2/c19-10-4-5-14-12(7-10)16(25-18(22)24-14)9-2-1-3-11(6-9)23-17(27)13(20)8-15(21)26/h1-7,13H,8,20H2,(H2,21,26)(H,23,27)(H2,22,24,25)/t13-/m1/s1. The first-order valence-electron chi connectivity index (χ1n) is 8.01. The average Bonchev–Trinajstić information content (AvgIpc) is 2.61. The van der Waals surface area contributed by atoms with Gasteiger partial charge in [0.2, 0.25) is 17.8 Å². The van der Waals surface area contributed by atoms with Gasteiger partial charge in [0.15, 0.2) is 0 Å². The van der Waals surface area contributed by atoms with Crippen LogP contribution in [0.3, 0.4) is 0 Å². The molecule has 0 fully saturated rings. The number of nitrogens with two attached hydrogens (primary N) is 3. The van der Waals surface area contributed by atoms with Crippen molar-refractivity contribution >= 4 is 46.0 Å². The SMILES string of the molecule is NC(=O)C[C@@H](N)C(=O)Nc1cccc(-c2nc(N)nc3ccc(Cl)cc23)c1. The smallest absolute Gasteiger partial charge is 0.241 e. The van der Waals surface area contributed by atoms with Gasteiger partial charge in [-0.1, -0.05) is 23.7 Å². The van der Waals surface area contributed by atoms with Crippen molar-refractivity contribution in [3.05, 3.63) is 47.5 Å². The van der Waals surface area contributed by atoms with Crippen LogP contribution >= 0.6 is 11.6 Å². The summed E-state index contributed by atoms with van der Waals surface area (Å²) in [6.45, 7) is 0. The van der Waals surface area contributed by atoms with Gasteiger partial charge in [0.25, 0.3) is 0 Å². The number of hydrogen-bond acceptors (Lipinski definition) is 6. The van der Waals surface area contributed by atoms with Crippen LogP contribution in [0.15, 0.2) is 42.5 Å². The van der Waals surface area contributed by atoms with Crippen molar-refractivity contribution in [2.45, 2.75) is 12.5 Å². The molecule has 0 spiro atoms. The average molecular weight is 385 g/mol. The number of halogens is 1. The van der Waals surface area contributed by atoms with Gasteiger partial charge < -0.3 is 22.5 Å². The number of hydrogen-bond donors (Lipinski definition) is 4. The van der Waals surface area contributed by atoms with E-state index in [2.05, 4.69) is 15.3 Å². The van der Waals surface area contributed by atoms with E-state index in [1.54, 1.807) is 36.4 Å². The number of carbonyl (C=O) groups is 2. The summed E-state index contributed by atoms with van der Waals surface area (Å²) in [5.74, 6) is -1.04. The number of amides is 2. The predicted octanol–water partition coefficient (Wildman–Crippen LogP) is 1.67. The second-order valence-corrected chi connectivity index (χ2v) is 6.38. The second kappa shape index (κ2) is 7.56. The number of rotatable bonds is 5. The summed E-state index contributed by atoms with van der Waals surface area (Å²) in [4.78, 5) is 31.5. The molecule has 0 bridgehead atoms. The Labute approximate surface area is 159 Å². The van der Waals surface area contributed by atoms with Crippen molar-refractivity contribution < 1.29 is 9.59 Å². The van der Waals surface area contributed by atoms with E-state index in [-0.39, 0.29) is 12.4 Å². The summed E-state index contributed by atoms with van der Waals surface area (Å²) in [5.41, 5.74) is 19.0. The normalized spacial score (nSPS) is 11.9. The van der Waals surface area contributed by atoms with Crippen LogP contribution in [-0.2, 0) is 9.59 Å². The van der Waals surface area contributed by atoms with E-state index in [9.17, 15) is 9.59 Å². The van der Waals surface area contributed by atoms with Crippen LogP contribution in [0, 0.1) is 0 Å². The van der Waals surface area contributed by atoms with E-state index in [1.165, 1.54) is 0 Å². The van der Waals surface area contributed by atoms with Crippen LogP contribution in [0.5, 0.6) is 0 Å². The third kappa shape index (κ3) is 4.30. The maximum Gasteiger partial charge on any atom is 0.241 e. The van der Waals surface area contributed by atoms with Crippen LogP contribution < -0.4 is 22.5 Å². The first-order chi connectivity index (χ1) is 12.8. The lowest BCUT2D eigenvalue weighted by Crippen LogP contribution is -2.38. The quantitative estimate of drug-likeness (QED) is 0.525.